The van der Waals surface area contributed by atoms with Gasteiger partial charge in [0.15, 0.2) is 0 Å². The number of rotatable bonds is 21. The second-order valence-electron chi connectivity index (χ2n) is 9.37. The molecule has 0 spiro atoms. The molecule has 0 saturated heterocycles. The molecule has 0 aliphatic rings. The molecule has 0 radical (unpaired) electrons. The van der Waals surface area contributed by atoms with Crippen molar-refractivity contribution in [3.63, 3.8) is 0 Å². The second kappa shape index (κ2) is 17.6. The first kappa shape index (κ1) is 31.1. The molecule has 0 fully saturated rings. The number of hydrogen-bond donors (Lipinski definition) is 2. The predicted molar refractivity (Wildman–Crippen MR) is 128 cm³/mol. The van der Waals surface area contributed by atoms with Crippen molar-refractivity contribution in [3.8, 4) is 0 Å². The van der Waals surface area contributed by atoms with Crippen LogP contribution in [-0.4, -0.2) is 52.2 Å². The zero-order chi connectivity index (χ0) is 25.3. The highest BCUT2D eigenvalue weighted by Crippen LogP contribution is 2.25. The lowest BCUT2D eigenvalue weighted by molar-refractivity contribution is -0.887. The summed E-state index contributed by atoms with van der Waals surface area (Å²) in [5.74, 6) is -5.19. The largest absolute Gasteiger partial charge is 0.550 e. The van der Waals surface area contributed by atoms with E-state index in [4.69, 9.17) is 0 Å². The molecule has 3 unspecified atom stereocenters. The van der Waals surface area contributed by atoms with E-state index in [0.717, 1.165) is 19.3 Å². The molecule has 0 aromatic rings. The fourth-order valence-electron chi connectivity index (χ4n) is 4.37. The van der Waals surface area contributed by atoms with Crippen LogP contribution >= 0.6 is 0 Å². The second-order valence-corrected chi connectivity index (χ2v) is 9.37. The summed E-state index contributed by atoms with van der Waals surface area (Å²) in [5.41, 5.74) is 0. The highest BCUT2D eigenvalue weighted by molar-refractivity contribution is 5.71. The molecule has 7 nitrogen and oxygen atoms in total. The number of hydrogen-bond acceptors (Lipinski definition) is 4. The first-order valence-corrected chi connectivity index (χ1v) is 12.9. The van der Waals surface area contributed by atoms with E-state index >= 15 is 0 Å². The fourth-order valence-corrected chi connectivity index (χ4v) is 4.37. The van der Waals surface area contributed by atoms with Gasteiger partial charge in [-0.15, -0.1) is 0 Å². The van der Waals surface area contributed by atoms with Crippen LogP contribution in [0.15, 0.2) is 12.3 Å². The van der Waals surface area contributed by atoms with E-state index in [9.17, 15) is 29.7 Å². The van der Waals surface area contributed by atoms with Crippen molar-refractivity contribution in [3.05, 3.63) is 12.3 Å². The van der Waals surface area contributed by atoms with Gasteiger partial charge in [-0.1, -0.05) is 66.2 Å². The fraction of sp³-hybridized carbons (Fsp3) is 0.808. The van der Waals surface area contributed by atoms with Crippen LogP contribution in [-0.2, 0) is 14.4 Å². The molecule has 0 amide bonds. The lowest BCUT2D eigenvalue weighted by Crippen LogP contribution is -2.55. The van der Waals surface area contributed by atoms with Gasteiger partial charge in [0.25, 0.3) is 0 Å². The molecule has 3 atom stereocenters. The SMILES string of the molecule is CCCCCCCCC/C=C/[N+](CC(CC)C(=O)[O-])(CC(CC)C(=O)O)CC(CC)C(=O)O. The molecule has 33 heavy (non-hydrogen) atoms. The van der Waals surface area contributed by atoms with Crippen molar-refractivity contribution < 1.29 is 34.2 Å². The molecule has 0 aliphatic heterocycles. The third-order valence-electron chi connectivity index (χ3n) is 6.66. The Balaban J connectivity index is 5.70. The summed E-state index contributed by atoms with van der Waals surface area (Å²) in [6.45, 7) is 8.03. The van der Waals surface area contributed by atoms with Gasteiger partial charge in [-0.05, 0) is 38.2 Å². The molecule has 0 aliphatic carbocycles. The zero-order valence-electron chi connectivity index (χ0n) is 21.3. The zero-order valence-corrected chi connectivity index (χ0v) is 21.3. The Morgan fingerprint density at radius 1 is 0.727 bits per heavy atom. The van der Waals surface area contributed by atoms with Crippen LogP contribution in [0.1, 0.15) is 98.3 Å². The minimum absolute atomic E-state index is 0.0403. The Hall–Kier alpha value is -1.89. The van der Waals surface area contributed by atoms with E-state index < -0.39 is 35.7 Å². The summed E-state index contributed by atoms with van der Waals surface area (Å²) >= 11 is 0. The molecule has 0 bridgehead atoms. The highest BCUT2D eigenvalue weighted by Gasteiger charge is 2.38. The van der Waals surface area contributed by atoms with E-state index in [1.165, 1.54) is 32.1 Å². The number of quaternary nitrogens is 1. The molecule has 0 heterocycles. The maximum Gasteiger partial charge on any atom is 0.312 e. The minimum atomic E-state index is -1.17. The van der Waals surface area contributed by atoms with Gasteiger partial charge in [-0.25, -0.2) is 0 Å². The summed E-state index contributed by atoms with van der Waals surface area (Å²) < 4.78 is 0.0403. The van der Waals surface area contributed by atoms with Gasteiger partial charge in [0.05, 0.1) is 31.8 Å². The van der Waals surface area contributed by atoms with Crippen molar-refractivity contribution in [2.24, 2.45) is 17.8 Å². The van der Waals surface area contributed by atoms with Crippen molar-refractivity contribution in [2.75, 3.05) is 19.6 Å². The Labute approximate surface area is 200 Å². The number of aliphatic carboxylic acids is 3. The first-order valence-electron chi connectivity index (χ1n) is 12.9. The number of nitrogens with zero attached hydrogens (tertiary/aromatic N) is 1. The van der Waals surface area contributed by atoms with Crippen molar-refractivity contribution in [1.82, 2.24) is 0 Å². The summed E-state index contributed by atoms with van der Waals surface area (Å²) in [6, 6.07) is 0. The quantitative estimate of drug-likeness (QED) is 0.189. The van der Waals surface area contributed by atoms with Crippen LogP contribution in [0.5, 0.6) is 0 Å². The number of carboxylic acids is 3. The number of carboxylic acid groups (broad SMARTS) is 3. The highest BCUT2D eigenvalue weighted by atomic mass is 16.4. The summed E-state index contributed by atoms with van der Waals surface area (Å²) in [4.78, 5) is 35.4. The van der Waals surface area contributed by atoms with E-state index in [2.05, 4.69) is 6.92 Å². The number of carbonyl (C=O) groups is 3. The van der Waals surface area contributed by atoms with Crippen molar-refractivity contribution in [2.45, 2.75) is 98.3 Å². The van der Waals surface area contributed by atoms with Crippen LogP contribution in [0.4, 0.5) is 0 Å². The van der Waals surface area contributed by atoms with Gasteiger partial charge in [-0.2, -0.15) is 0 Å². The van der Waals surface area contributed by atoms with Crippen LogP contribution in [0.3, 0.4) is 0 Å². The molecular formula is C26H47NO6. The third kappa shape index (κ3) is 12.8. The van der Waals surface area contributed by atoms with Gasteiger partial charge >= 0.3 is 11.9 Å². The molecule has 192 valence electrons. The number of carbonyl (C=O) groups excluding carboxylic acids is 1. The maximum atomic E-state index is 11.8. The van der Waals surface area contributed by atoms with Crippen LogP contribution in [0.25, 0.3) is 0 Å². The maximum absolute atomic E-state index is 11.8. The van der Waals surface area contributed by atoms with Crippen LogP contribution in [0.2, 0.25) is 0 Å². The molecule has 0 saturated carbocycles. The normalized spacial score (nSPS) is 16.2. The van der Waals surface area contributed by atoms with Gasteiger partial charge in [0, 0.05) is 5.92 Å². The first-order chi connectivity index (χ1) is 15.7. The third-order valence-corrected chi connectivity index (χ3v) is 6.66. The molecule has 2 N–H and O–H groups in total. The average molecular weight is 470 g/mol. The molecule has 0 aromatic heterocycles. The molecule has 7 heteroatoms. The van der Waals surface area contributed by atoms with E-state index in [0.29, 0.717) is 19.3 Å². The molecule has 0 aromatic carbocycles. The lowest BCUT2D eigenvalue weighted by Gasteiger charge is -2.41. The monoisotopic (exact) mass is 469 g/mol. The number of unbranched alkanes of at least 4 members (excludes halogenated alkanes) is 7. The summed E-state index contributed by atoms with van der Waals surface area (Å²) in [7, 11) is 0. The lowest BCUT2D eigenvalue weighted by atomic mass is 9.96. The Morgan fingerprint density at radius 2 is 1.15 bits per heavy atom. The Morgan fingerprint density at radius 3 is 1.55 bits per heavy atom. The van der Waals surface area contributed by atoms with E-state index in [1.54, 1.807) is 20.8 Å². The van der Waals surface area contributed by atoms with Gasteiger partial charge in [0.2, 0.25) is 0 Å². The van der Waals surface area contributed by atoms with Gasteiger partial charge < -0.3 is 20.1 Å². The van der Waals surface area contributed by atoms with Gasteiger partial charge in [-0.3, -0.25) is 14.1 Å². The smallest absolute Gasteiger partial charge is 0.312 e. The Bertz CT molecular complexity index is 544. The minimum Gasteiger partial charge on any atom is -0.550 e. The standard InChI is InChI=1S/C26H47NO6/c1-5-9-10-11-12-13-14-15-16-17-27(18-21(6-2)24(28)29,19-22(7-3)25(30)31)20-23(8-4)26(32)33/h16-17,21-23H,5-15,18-20H2,1-4H3,(H2-,28,29,30,31,32,33)/b17-16+. The van der Waals surface area contributed by atoms with Crippen molar-refractivity contribution in [1.29, 1.82) is 0 Å². The van der Waals surface area contributed by atoms with Crippen LogP contribution in [0, 0.1) is 17.8 Å². The van der Waals surface area contributed by atoms with Crippen LogP contribution < -0.4 is 5.11 Å². The molecule has 0 rings (SSSR count). The van der Waals surface area contributed by atoms with E-state index in [-0.39, 0.29) is 24.1 Å². The van der Waals surface area contributed by atoms with E-state index in [1.807, 2.05) is 12.3 Å². The van der Waals surface area contributed by atoms with Gasteiger partial charge in [0.1, 0.15) is 11.8 Å². The average Bonchev–Trinajstić information content (AvgIpc) is 2.77. The topological polar surface area (TPSA) is 115 Å². The predicted octanol–water partition coefficient (Wildman–Crippen LogP) is 4.46. The van der Waals surface area contributed by atoms with Crippen molar-refractivity contribution >= 4 is 17.9 Å². The Kier molecular flexibility index (Phi) is 16.6. The summed E-state index contributed by atoms with van der Waals surface area (Å²) in [5, 5.41) is 31.1. The number of allylic oxidation sites excluding steroid dienone is 1. The summed E-state index contributed by atoms with van der Waals surface area (Å²) in [6.07, 6.45) is 14.1. The molecular weight excluding hydrogens is 422 g/mol.